The number of hydrogen-bond donors (Lipinski definition) is 1. The third kappa shape index (κ3) is 2.26. The smallest absolute Gasteiger partial charge is 0.326 e. The Hall–Kier alpha value is -1.40. The summed E-state index contributed by atoms with van der Waals surface area (Å²) in [7, 11) is 3.16. The summed E-state index contributed by atoms with van der Waals surface area (Å²) in [6.45, 7) is 4.36. The van der Waals surface area contributed by atoms with Crippen LogP contribution in [0.3, 0.4) is 0 Å². The van der Waals surface area contributed by atoms with Crippen LogP contribution in [0.15, 0.2) is 15.8 Å². The van der Waals surface area contributed by atoms with Crippen molar-refractivity contribution in [2.45, 2.75) is 19.5 Å². The summed E-state index contributed by atoms with van der Waals surface area (Å²) in [6.07, 6.45) is 1.62. The van der Waals surface area contributed by atoms with E-state index in [9.17, 15) is 9.59 Å². The Morgan fingerprint density at radius 2 is 2.00 bits per heavy atom. The van der Waals surface area contributed by atoms with E-state index < -0.39 is 0 Å². The van der Waals surface area contributed by atoms with E-state index in [-0.39, 0.29) is 17.3 Å². The van der Waals surface area contributed by atoms with E-state index in [1.54, 1.807) is 13.2 Å². The van der Waals surface area contributed by atoms with Crippen molar-refractivity contribution >= 4 is 0 Å². The fourth-order valence-electron chi connectivity index (χ4n) is 2.46. The van der Waals surface area contributed by atoms with Crippen molar-refractivity contribution in [1.82, 2.24) is 14.0 Å². The predicted molar refractivity (Wildman–Crippen MR) is 69.3 cm³/mol. The molecule has 2 N–H and O–H groups in total. The van der Waals surface area contributed by atoms with Gasteiger partial charge >= 0.3 is 5.69 Å². The number of aryl methyl sites for hydroxylation is 1. The Balaban J connectivity index is 2.26. The summed E-state index contributed by atoms with van der Waals surface area (Å²) in [5.74, 6) is 0.446. The molecule has 0 bridgehead atoms. The van der Waals surface area contributed by atoms with Crippen LogP contribution in [-0.2, 0) is 20.6 Å². The van der Waals surface area contributed by atoms with Crippen LogP contribution in [0.1, 0.15) is 12.5 Å². The van der Waals surface area contributed by atoms with Crippen LogP contribution in [-0.4, -0.2) is 33.2 Å². The SMILES string of the molecule is CC1CN(Cc2cn(C)c(=O)n(C)c2=O)CC1N. The van der Waals surface area contributed by atoms with E-state index in [2.05, 4.69) is 11.8 Å². The molecule has 1 saturated heterocycles. The molecule has 0 radical (unpaired) electrons. The third-order valence-electron chi connectivity index (χ3n) is 3.66. The van der Waals surface area contributed by atoms with Crippen LogP contribution in [0.5, 0.6) is 0 Å². The molecule has 0 aromatic carbocycles. The summed E-state index contributed by atoms with van der Waals surface area (Å²) >= 11 is 0. The molecule has 6 nitrogen and oxygen atoms in total. The van der Waals surface area contributed by atoms with E-state index in [4.69, 9.17) is 5.73 Å². The summed E-state index contributed by atoms with van der Waals surface area (Å²) in [4.78, 5) is 25.7. The third-order valence-corrected chi connectivity index (χ3v) is 3.66. The zero-order chi connectivity index (χ0) is 13.4. The highest BCUT2D eigenvalue weighted by Gasteiger charge is 2.27. The van der Waals surface area contributed by atoms with Crippen molar-refractivity contribution in [3.8, 4) is 0 Å². The zero-order valence-electron chi connectivity index (χ0n) is 11.1. The molecular weight excluding hydrogens is 232 g/mol. The van der Waals surface area contributed by atoms with Crippen molar-refractivity contribution in [1.29, 1.82) is 0 Å². The van der Waals surface area contributed by atoms with Crippen molar-refractivity contribution in [3.63, 3.8) is 0 Å². The molecule has 2 heterocycles. The maximum absolute atomic E-state index is 12.0. The molecule has 1 aromatic heterocycles. The maximum atomic E-state index is 12.0. The van der Waals surface area contributed by atoms with Gasteiger partial charge in [0.15, 0.2) is 0 Å². The lowest BCUT2D eigenvalue weighted by Crippen LogP contribution is -2.40. The van der Waals surface area contributed by atoms with Crippen molar-refractivity contribution in [2.24, 2.45) is 25.7 Å². The minimum Gasteiger partial charge on any atom is -0.326 e. The molecule has 2 rings (SSSR count). The number of nitrogens with two attached hydrogens (primary N) is 1. The fraction of sp³-hybridized carbons (Fsp3) is 0.667. The molecule has 0 aliphatic carbocycles. The Kier molecular flexibility index (Phi) is 3.41. The molecule has 1 aromatic rings. The number of nitrogens with zero attached hydrogens (tertiary/aromatic N) is 3. The molecule has 1 aliphatic rings. The lowest BCUT2D eigenvalue weighted by Gasteiger charge is -2.15. The highest BCUT2D eigenvalue weighted by atomic mass is 16.2. The van der Waals surface area contributed by atoms with E-state index in [0.29, 0.717) is 18.0 Å². The van der Waals surface area contributed by atoms with Crippen LogP contribution in [0, 0.1) is 5.92 Å². The highest BCUT2D eigenvalue weighted by Crippen LogP contribution is 2.15. The highest BCUT2D eigenvalue weighted by molar-refractivity contribution is 5.06. The number of aromatic nitrogens is 2. The van der Waals surface area contributed by atoms with E-state index in [0.717, 1.165) is 17.7 Å². The fourth-order valence-corrected chi connectivity index (χ4v) is 2.46. The molecule has 0 spiro atoms. The molecule has 18 heavy (non-hydrogen) atoms. The normalized spacial score (nSPS) is 24.7. The average Bonchev–Trinajstić information content (AvgIpc) is 2.63. The maximum Gasteiger partial charge on any atom is 0.330 e. The monoisotopic (exact) mass is 252 g/mol. The summed E-state index contributed by atoms with van der Waals surface area (Å²) in [6, 6.07) is 0.168. The average molecular weight is 252 g/mol. The van der Waals surface area contributed by atoms with Crippen LogP contribution < -0.4 is 17.0 Å². The molecule has 1 aliphatic heterocycles. The second-order valence-electron chi connectivity index (χ2n) is 5.25. The second kappa shape index (κ2) is 4.70. The van der Waals surface area contributed by atoms with E-state index >= 15 is 0 Å². The molecule has 0 amide bonds. The van der Waals surface area contributed by atoms with Crippen LogP contribution in [0.4, 0.5) is 0 Å². The molecule has 2 unspecified atom stereocenters. The first-order valence-electron chi connectivity index (χ1n) is 6.13. The number of likely N-dealkylation sites (tertiary alicyclic amines) is 1. The van der Waals surface area contributed by atoms with Gasteiger partial charge in [0.05, 0.1) is 0 Å². The standard InChI is InChI=1S/C12H20N4O2/c1-8-4-16(7-10(8)13)6-9-5-14(2)12(18)15(3)11(9)17/h5,8,10H,4,6-7,13H2,1-3H3. The van der Waals surface area contributed by atoms with Gasteiger partial charge in [0.25, 0.3) is 5.56 Å². The minimum absolute atomic E-state index is 0.168. The van der Waals surface area contributed by atoms with Gasteiger partial charge in [-0.15, -0.1) is 0 Å². The van der Waals surface area contributed by atoms with Gasteiger partial charge in [0.1, 0.15) is 0 Å². The lowest BCUT2D eigenvalue weighted by molar-refractivity contribution is 0.315. The Morgan fingerprint density at radius 1 is 1.33 bits per heavy atom. The first kappa shape index (κ1) is 13.0. The summed E-state index contributed by atoms with van der Waals surface area (Å²) in [5.41, 5.74) is 6.09. The molecule has 100 valence electrons. The largest absolute Gasteiger partial charge is 0.330 e. The first-order chi connectivity index (χ1) is 8.40. The van der Waals surface area contributed by atoms with Gasteiger partial charge in [0.2, 0.25) is 0 Å². The van der Waals surface area contributed by atoms with Gasteiger partial charge in [-0.05, 0) is 5.92 Å². The molecule has 1 fully saturated rings. The Morgan fingerprint density at radius 3 is 2.56 bits per heavy atom. The van der Waals surface area contributed by atoms with Gasteiger partial charge < -0.3 is 10.3 Å². The van der Waals surface area contributed by atoms with Crippen LogP contribution >= 0.6 is 0 Å². The van der Waals surface area contributed by atoms with Gasteiger partial charge in [-0.25, -0.2) is 4.79 Å². The van der Waals surface area contributed by atoms with E-state index in [1.165, 1.54) is 11.6 Å². The molecule has 0 saturated carbocycles. The van der Waals surface area contributed by atoms with Gasteiger partial charge in [-0.3, -0.25) is 14.3 Å². The van der Waals surface area contributed by atoms with Crippen molar-refractivity contribution in [3.05, 3.63) is 32.6 Å². The van der Waals surface area contributed by atoms with Crippen molar-refractivity contribution < 1.29 is 0 Å². The van der Waals surface area contributed by atoms with Gasteiger partial charge in [0, 0.05) is 51.5 Å². The predicted octanol–water partition coefficient (Wildman–Crippen LogP) is -1.14. The number of hydrogen-bond acceptors (Lipinski definition) is 4. The summed E-state index contributed by atoms with van der Waals surface area (Å²) in [5, 5.41) is 0. The van der Waals surface area contributed by atoms with E-state index in [1.807, 2.05) is 0 Å². The van der Waals surface area contributed by atoms with Gasteiger partial charge in [-0.2, -0.15) is 0 Å². The molecular formula is C12H20N4O2. The Bertz CT molecular complexity index is 550. The van der Waals surface area contributed by atoms with Crippen LogP contribution in [0.25, 0.3) is 0 Å². The van der Waals surface area contributed by atoms with Gasteiger partial charge in [-0.1, -0.05) is 6.92 Å². The topological polar surface area (TPSA) is 73.3 Å². The zero-order valence-corrected chi connectivity index (χ0v) is 11.1. The number of rotatable bonds is 2. The quantitative estimate of drug-likeness (QED) is 0.722. The first-order valence-corrected chi connectivity index (χ1v) is 6.13. The van der Waals surface area contributed by atoms with Crippen LogP contribution in [0.2, 0.25) is 0 Å². The minimum atomic E-state index is -0.296. The molecule has 6 heteroatoms. The Labute approximate surface area is 106 Å². The second-order valence-corrected chi connectivity index (χ2v) is 5.25. The lowest BCUT2D eigenvalue weighted by atomic mass is 10.1. The van der Waals surface area contributed by atoms with Crippen molar-refractivity contribution in [2.75, 3.05) is 13.1 Å². The summed E-state index contributed by atoms with van der Waals surface area (Å²) < 4.78 is 2.59. The molecule has 2 atom stereocenters.